The molecule has 0 aromatic heterocycles. The first kappa shape index (κ1) is 20.7. The number of para-hydroxylation sites is 1. The van der Waals surface area contributed by atoms with Gasteiger partial charge in [-0.3, -0.25) is 9.59 Å². The zero-order valence-electron chi connectivity index (χ0n) is 14.7. The van der Waals surface area contributed by atoms with E-state index in [0.717, 1.165) is 5.56 Å². The molecule has 0 radical (unpaired) electrons. The molecule has 6 nitrogen and oxygen atoms in total. The molecule has 27 heavy (non-hydrogen) atoms. The van der Waals surface area contributed by atoms with Crippen LogP contribution in [-0.4, -0.2) is 30.4 Å². The molecule has 2 rings (SSSR count). The highest BCUT2D eigenvalue weighted by molar-refractivity contribution is 6.39. The molecule has 2 amide bonds. The zero-order valence-corrected chi connectivity index (χ0v) is 16.2. The number of aryl methyl sites for hydroxylation is 1. The van der Waals surface area contributed by atoms with Crippen molar-refractivity contribution in [2.24, 2.45) is 0 Å². The summed E-state index contributed by atoms with van der Waals surface area (Å²) in [6.45, 7) is 2.79. The molecule has 2 aromatic carbocycles. The van der Waals surface area contributed by atoms with Gasteiger partial charge in [0.25, 0.3) is 11.8 Å². The van der Waals surface area contributed by atoms with Crippen molar-refractivity contribution in [3.05, 3.63) is 63.6 Å². The summed E-state index contributed by atoms with van der Waals surface area (Å²) in [6, 6.07) is 10.8. The fourth-order valence-corrected chi connectivity index (χ4v) is 2.67. The molecule has 1 atom stereocenters. The second-order valence-corrected chi connectivity index (χ2v) is 6.63. The summed E-state index contributed by atoms with van der Waals surface area (Å²) < 4.78 is 4.93. The van der Waals surface area contributed by atoms with Gasteiger partial charge in [0.2, 0.25) is 0 Å². The summed E-state index contributed by atoms with van der Waals surface area (Å²) in [7, 11) is 0. The van der Waals surface area contributed by atoms with E-state index >= 15 is 0 Å². The van der Waals surface area contributed by atoms with Gasteiger partial charge < -0.3 is 15.4 Å². The maximum absolute atomic E-state index is 12.1. The predicted molar refractivity (Wildman–Crippen MR) is 104 cm³/mol. The van der Waals surface area contributed by atoms with Gasteiger partial charge in [-0.1, -0.05) is 47.0 Å². The highest BCUT2D eigenvalue weighted by Gasteiger charge is 2.19. The average molecular weight is 409 g/mol. The van der Waals surface area contributed by atoms with Crippen LogP contribution < -0.4 is 10.6 Å². The Kier molecular flexibility index (Phi) is 7.21. The van der Waals surface area contributed by atoms with Gasteiger partial charge in [-0.2, -0.15) is 0 Å². The van der Waals surface area contributed by atoms with Crippen LogP contribution in [0.25, 0.3) is 0 Å². The second-order valence-electron chi connectivity index (χ2n) is 5.82. The Morgan fingerprint density at radius 3 is 2.33 bits per heavy atom. The Hall–Kier alpha value is -2.57. The van der Waals surface area contributed by atoms with Gasteiger partial charge in [0, 0.05) is 5.56 Å². The number of halogens is 2. The first-order valence-corrected chi connectivity index (χ1v) is 8.81. The lowest BCUT2D eigenvalue weighted by Gasteiger charge is -2.14. The lowest BCUT2D eigenvalue weighted by Crippen LogP contribution is -2.40. The van der Waals surface area contributed by atoms with E-state index in [1.54, 1.807) is 36.4 Å². The van der Waals surface area contributed by atoms with Gasteiger partial charge in [0.15, 0.2) is 6.61 Å². The van der Waals surface area contributed by atoms with E-state index in [9.17, 15) is 14.4 Å². The Bertz CT molecular complexity index is 850. The number of esters is 1. The van der Waals surface area contributed by atoms with Gasteiger partial charge in [0.05, 0.1) is 15.7 Å². The van der Waals surface area contributed by atoms with Crippen LogP contribution in [0.3, 0.4) is 0 Å². The normalized spacial score (nSPS) is 11.4. The number of carbonyl (C=O) groups is 3. The molecular formula is C19H18Cl2N2O4. The molecule has 0 heterocycles. The van der Waals surface area contributed by atoms with Crippen LogP contribution in [0.2, 0.25) is 10.0 Å². The van der Waals surface area contributed by atoms with Crippen LogP contribution in [-0.2, 0) is 14.3 Å². The molecule has 0 spiro atoms. The van der Waals surface area contributed by atoms with Crippen molar-refractivity contribution in [2.45, 2.75) is 19.9 Å². The van der Waals surface area contributed by atoms with Crippen LogP contribution in [0.4, 0.5) is 5.69 Å². The monoisotopic (exact) mass is 408 g/mol. The molecule has 0 fully saturated rings. The topological polar surface area (TPSA) is 84.5 Å². The molecular weight excluding hydrogens is 391 g/mol. The van der Waals surface area contributed by atoms with E-state index in [1.165, 1.54) is 6.92 Å². The maximum atomic E-state index is 12.1. The van der Waals surface area contributed by atoms with E-state index < -0.39 is 30.4 Å². The number of carbonyl (C=O) groups excluding carboxylic acids is 3. The number of hydrogen-bond acceptors (Lipinski definition) is 4. The van der Waals surface area contributed by atoms with Gasteiger partial charge in [-0.05, 0) is 38.1 Å². The minimum Gasteiger partial charge on any atom is -0.454 e. The fraction of sp³-hybridized carbons (Fsp3) is 0.211. The van der Waals surface area contributed by atoms with Crippen molar-refractivity contribution in [2.75, 3.05) is 11.9 Å². The SMILES string of the molecule is Cc1cccc(C(=O)N[C@@H](C)C(=O)OCC(=O)Nc2c(Cl)cccc2Cl)c1. The molecule has 142 valence electrons. The largest absolute Gasteiger partial charge is 0.454 e. The van der Waals surface area contributed by atoms with E-state index in [2.05, 4.69) is 10.6 Å². The molecule has 0 aliphatic carbocycles. The van der Waals surface area contributed by atoms with E-state index in [-0.39, 0.29) is 15.7 Å². The van der Waals surface area contributed by atoms with Gasteiger partial charge in [0.1, 0.15) is 6.04 Å². The highest BCUT2D eigenvalue weighted by Crippen LogP contribution is 2.29. The number of nitrogens with one attached hydrogen (secondary N) is 2. The predicted octanol–water partition coefficient (Wildman–Crippen LogP) is 3.60. The number of hydrogen-bond donors (Lipinski definition) is 2. The smallest absolute Gasteiger partial charge is 0.328 e. The lowest BCUT2D eigenvalue weighted by molar-refractivity contribution is -0.148. The molecule has 0 aliphatic rings. The van der Waals surface area contributed by atoms with Gasteiger partial charge in [-0.15, -0.1) is 0 Å². The first-order chi connectivity index (χ1) is 12.8. The van der Waals surface area contributed by atoms with Crippen LogP contribution in [0.5, 0.6) is 0 Å². The standard InChI is InChI=1S/C19H18Cl2N2O4/c1-11-5-3-6-13(9-11)18(25)22-12(2)19(26)27-10-16(24)23-17-14(20)7-4-8-15(17)21/h3-9,12H,10H2,1-2H3,(H,22,25)(H,23,24)/t12-/m0/s1. The Morgan fingerprint density at radius 2 is 1.70 bits per heavy atom. The molecule has 0 unspecified atom stereocenters. The van der Waals surface area contributed by atoms with E-state index in [0.29, 0.717) is 5.56 Å². The number of anilines is 1. The van der Waals surface area contributed by atoms with E-state index in [1.807, 2.05) is 13.0 Å². The van der Waals surface area contributed by atoms with Crippen molar-refractivity contribution in [1.29, 1.82) is 0 Å². The summed E-state index contributed by atoms with van der Waals surface area (Å²) in [5.74, 6) is -1.75. The lowest BCUT2D eigenvalue weighted by atomic mass is 10.1. The summed E-state index contributed by atoms with van der Waals surface area (Å²) in [6.07, 6.45) is 0. The Labute approximate surface area is 166 Å². The number of rotatable bonds is 6. The number of ether oxygens (including phenoxy) is 1. The number of amides is 2. The molecule has 2 aromatic rings. The molecule has 0 saturated carbocycles. The average Bonchev–Trinajstić information content (AvgIpc) is 2.62. The van der Waals surface area contributed by atoms with Crippen LogP contribution in [0, 0.1) is 6.92 Å². The quantitative estimate of drug-likeness (QED) is 0.714. The molecule has 2 N–H and O–H groups in total. The molecule has 0 bridgehead atoms. The van der Waals surface area contributed by atoms with Crippen molar-refractivity contribution in [3.8, 4) is 0 Å². The fourth-order valence-electron chi connectivity index (χ4n) is 2.18. The van der Waals surface area contributed by atoms with Crippen molar-refractivity contribution in [1.82, 2.24) is 5.32 Å². The second kappa shape index (κ2) is 9.39. The zero-order chi connectivity index (χ0) is 20.0. The summed E-state index contributed by atoms with van der Waals surface area (Å²) in [5.41, 5.74) is 1.59. The van der Waals surface area contributed by atoms with Gasteiger partial charge >= 0.3 is 5.97 Å². The summed E-state index contributed by atoms with van der Waals surface area (Å²) in [5, 5.41) is 5.54. The first-order valence-electron chi connectivity index (χ1n) is 8.06. The molecule has 8 heteroatoms. The van der Waals surface area contributed by atoms with Crippen molar-refractivity contribution in [3.63, 3.8) is 0 Å². The molecule has 0 saturated heterocycles. The third-order valence-electron chi connectivity index (χ3n) is 3.55. The molecule has 0 aliphatic heterocycles. The number of benzene rings is 2. The minimum absolute atomic E-state index is 0.239. The van der Waals surface area contributed by atoms with Gasteiger partial charge in [-0.25, -0.2) is 4.79 Å². The van der Waals surface area contributed by atoms with E-state index in [4.69, 9.17) is 27.9 Å². The van der Waals surface area contributed by atoms with Crippen LogP contribution in [0.1, 0.15) is 22.8 Å². The summed E-state index contributed by atoms with van der Waals surface area (Å²) in [4.78, 5) is 36.1. The van der Waals surface area contributed by atoms with Crippen LogP contribution >= 0.6 is 23.2 Å². The maximum Gasteiger partial charge on any atom is 0.328 e. The Balaban J connectivity index is 1.85. The third kappa shape index (κ3) is 5.98. The minimum atomic E-state index is -0.922. The summed E-state index contributed by atoms with van der Waals surface area (Å²) >= 11 is 11.9. The van der Waals surface area contributed by atoms with Crippen LogP contribution in [0.15, 0.2) is 42.5 Å². The third-order valence-corrected chi connectivity index (χ3v) is 4.18. The highest BCUT2D eigenvalue weighted by atomic mass is 35.5. The Morgan fingerprint density at radius 1 is 1.07 bits per heavy atom. The van der Waals surface area contributed by atoms with Crippen molar-refractivity contribution >= 4 is 46.7 Å². The van der Waals surface area contributed by atoms with Crippen molar-refractivity contribution < 1.29 is 19.1 Å².